The lowest BCUT2D eigenvalue weighted by molar-refractivity contribution is -0.134. The number of carbonyl (C=O) groups excluding carboxylic acids is 1. The van der Waals surface area contributed by atoms with Crippen LogP contribution in [0.2, 0.25) is 0 Å². The summed E-state index contributed by atoms with van der Waals surface area (Å²) in [4.78, 5) is 23.5. The van der Waals surface area contributed by atoms with E-state index in [1.165, 1.54) is 4.31 Å². The summed E-state index contributed by atoms with van der Waals surface area (Å²) in [6.45, 7) is 2.74. The number of rotatable bonds is 5. The van der Waals surface area contributed by atoms with Gasteiger partial charge in [-0.15, -0.1) is 6.42 Å². The van der Waals surface area contributed by atoms with Gasteiger partial charge in [-0.3, -0.25) is 4.79 Å². The summed E-state index contributed by atoms with van der Waals surface area (Å²) < 4.78 is 29.0. The minimum absolute atomic E-state index is 0.0503. The molecule has 0 spiro atoms. The Kier molecular flexibility index (Phi) is 6.08. The molecule has 2 fully saturated rings. The summed E-state index contributed by atoms with van der Waals surface area (Å²) >= 11 is 0. The zero-order valence-electron chi connectivity index (χ0n) is 17.5. The second-order valence-electron chi connectivity index (χ2n) is 8.04. The molecule has 2 aromatic rings. The van der Waals surface area contributed by atoms with Crippen LogP contribution in [0.1, 0.15) is 32.6 Å². The van der Waals surface area contributed by atoms with E-state index in [1.807, 2.05) is 6.92 Å². The molecule has 1 aromatic carbocycles. The van der Waals surface area contributed by atoms with Crippen LogP contribution in [0.25, 0.3) is 11.4 Å². The van der Waals surface area contributed by atoms with E-state index in [-0.39, 0.29) is 29.3 Å². The Morgan fingerprint density at radius 1 is 1.16 bits per heavy atom. The number of amides is 1. The highest BCUT2D eigenvalue weighted by Crippen LogP contribution is 2.38. The number of benzene rings is 1. The van der Waals surface area contributed by atoms with Crippen LogP contribution in [0.3, 0.4) is 0 Å². The number of terminal acetylenes is 1. The van der Waals surface area contributed by atoms with Crippen LogP contribution in [0, 0.1) is 18.3 Å². The summed E-state index contributed by atoms with van der Waals surface area (Å²) in [5.41, 5.74) is 0.735. The fraction of sp³-hybridized carbons (Fsp3) is 0.435. The second kappa shape index (κ2) is 8.77. The van der Waals surface area contributed by atoms with Crippen molar-refractivity contribution in [3.8, 4) is 23.7 Å². The number of hydrogen-bond acceptors (Lipinski definition) is 5. The first-order valence-electron chi connectivity index (χ1n) is 10.6. The van der Waals surface area contributed by atoms with Gasteiger partial charge in [0.1, 0.15) is 6.04 Å². The van der Waals surface area contributed by atoms with Crippen LogP contribution in [0.15, 0.2) is 47.6 Å². The van der Waals surface area contributed by atoms with Gasteiger partial charge in [0.05, 0.1) is 11.4 Å². The minimum atomic E-state index is -3.86. The first-order chi connectivity index (χ1) is 15.0. The lowest BCUT2D eigenvalue weighted by Gasteiger charge is -2.40. The van der Waals surface area contributed by atoms with Crippen molar-refractivity contribution in [2.45, 2.75) is 49.6 Å². The largest absolute Gasteiger partial charge is 0.330 e. The molecular weight excluding hydrogens is 412 g/mol. The first-order valence-corrected chi connectivity index (χ1v) is 12.0. The molecule has 1 amide bonds. The fourth-order valence-corrected chi connectivity index (χ4v) is 6.62. The van der Waals surface area contributed by atoms with Gasteiger partial charge in [0, 0.05) is 30.5 Å². The molecule has 2 bridgehead atoms. The maximum Gasteiger partial charge on any atom is 0.244 e. The number of carbonyl (C=O) groups is 1. The van der Waals surface area contributed by atoms with E-state index in [2.05, 4.69) is 15.9 Å². The number of nitrogens with zero attached hydrogens (tertiary/aromatic N) is 4. The highest BCUT2D eigenvalue weighted by molar-refractivity contribution is 7.89. The monoisotopic (exact) mass is 438 g/mol. The molecule has 3 atom stereocenters. The Morgan fingerprint density at radius 2 is 1.87 bits per heavy atom. The summed E-state index contributed by atoms with van der Waals surface area (Å²) in [6.07, 6.45) is 11.6. The average Bonchev–Trinajstić information content (AvgIpc) is 2.87. The molecule has 7 nitrogen and oxygen atoms in total. The highest BCUT2D eigenvalue weighted by atomic mass is 32.2. The average molecular weight is 439 g/mol. The SMILES string of the molecule is C#CCN1C[C@H](CC)C2CCCC(C1=O)N2S(=O)(=O)c1ccc(-c2ncccn2)cc1. The van der Waals surface area contributed by atoms with Gasteiger partial charge in [-0.1, -0.05) is 19.3 Å². The van der Waals surface area contributed by atoms with E-state index >= 15 is 0 Å². The molecule has 0 aliphatic carbocycles. The smallest absolute Gasteiger partial charge is 0.244 e. The normalized spacial score (nSPS) is 24.5. The Labute approximate surface area is 183 Å². The van der Waals surface area contributed by atoms with Gasteiger partial charge in [0.25, 0.3) is 0 Å². The minimum Gasteiger partial charge on any atom is -0.330 e. The van der Waals surface area contributed by atoms with Crippen molar-refractivity contribution in [3.63, 3.8) is 0 Å². The van der Waals surface area contributed by atoms with Gasteiger partial charge in [-0.2, -0.15) is 4.31 Å². The standard InChI is InChI=1S/C23H26N4O3S/c1-3-15-26-16-17(4-2)20-7-5-8-21(23(26)28)27(20)31(29,30)19-11-9-18(10-12-19)22-24-13-6-14-25-22/h1,6,9-14,17,20-21H,4-5,7-8,15-16H2,2H3/t17-,20?,21?/m0/s1. The Bertz CT molecular complexity index is 1080. The van der Waals surface area contributed by atoms with E-state index in [1.54, 1.807) is 47.6 Å². The molecule has 31 heavy (non-hydrogen) atoms. The Hall–Kier alpha value is -2.76. The number of piperidine rings is 1. The van der Waals surface area contributed by atoms with Crippen molar-refractivity contribution in [1.29, 1.82) is 0 Å². The summed E-state index contributed by atoms with van der Waals surface area (Å²) in [5, 5.41) is 0. The van der Waals surface area contributed by atoms with Crippen LogP contribution in [-0.2, 0) is 14.8 Å². The topological polar surface area (TPSA) is 83.5 Å². The molecule has 0 saturated carbocycles. The zero-order valence-corrected chi connectivity index (χ0v) is 18.3. The fourth-order valence-electron chi connectivity index (χ4n) is 4.73. The lowest BCUT2D eigenvalue weighted by Crippen LogP contribution is -2.54. The Balaban J connectivity index is 1.72. The third kappa shape index (κ3) is 3.95. The molecule has 2 aliphatic rings. The van der Waals surface area contributed by atoms with Gasteiger partial charge in [-0.05, 0) is 55.5 Å². The van der Waals surface area contributed by atoms with Gasteiger partial charge < -0.3 is 4.90 Å². The molecule has 0 radical (unpaired) electrons. The number of aromatic nitrogens is 2. The van der Waals surface area contributed by atoms with Gasteiger partial charge in [0.2, 0.25) is 15.9 Å². The molecule has 2 unspecified atom stereocenters. The van der Waals surface area contributed by atoms with Crippen LogP contribution < -0.4 is 0 Å². The molecular formula is C23H26N4O3S. The van der Waals surface area contributed by atoms with Crippen molar-refractivity contribution in [1.82, 2.24) is 19.2 Å². The number of hydrogen-bond donors (Lipinski definition) is 0. The molecule has 2 aliphatic heterocycles. The van der Waals surface area contributed by atoms with E-state index in [0.29, 0.717) is 18.8 Å². The van der Waals surface area contributed by atoms with Crippen molar-refractivity contribution in [2.24, 2.45) is 5.92 Å². The van der Waals surface area contributed by atoms with Gasteiger partial charge in [0.15, 0.2) is 5.82 Å². The van der Waals surface area contributed by atoms with E-state index in [4.69, 9.17) is 6.42 Å². The maximum absolute atomic E-state index is 13.8. The summed E-state index contributed by atoms with van der Waals surface area (Å²) in [5.74, 6) is 2.95. The highest BCUT2D eigenvalue weighted by Gasteiger charge is 2.49. The van der Waals surface area contributed by atoms with E-state index in [0.717, 1.165) is 24.8 Å². The summed E-state index contributed by atoms with van der Waals surface area (Å²) in [6, 6.07) is 7.38. The number of sulfonamides is 1. The van der Waals surface area contributed by atoms with Crippen LogP contribution in [0.5, 0.6) is 0 Å². The lowest BCUT2D eigenvalue weighted by atomic mass is 9.89. The van der Waals surface area contributed by atoms with Crippen LogP contribution in [0.4, 0.5) is 0 Å². The van der Waals surface area contributed by atoms with E-state index < -0.39 is 16.1 Å². The van der Waals surface area contributed by atoms with Crippen LogP contribution >= 0.6 is 0 Å². The number of fused-ring (bicyclic) bond motifs is 2. The predicted molar refractivity (Wildman–Crippen MR) is 117 cm³/mol. The quantitative estimate of drug-likeness (QED) is 0.670. The first kappa shape index (κ1) is 21.5. The zero-order chi connectivity index (χ0) is 22.0. The predicted octanol–water partition coefficient (Wildman–Crippen LogP) is 2.56. The molecule has 162 valence electrons. The van der Waals surface area contributed by atoms with Crippen LogP contribution in [-0.4, -0.2) is 58.7 Å². The molecule has 8 heteroatoms. The van der Waals surface area contributed by atoms with Gasteiger partial charge in [-0.25, -0.2) is 18.4 Å². The molecule has 2 saturated heterocycles. The summed E-state index contributed by atoms with van der Waals surface area (Å²) in [7, 11) is -3.86. The third-order valence-corrected chi connectivity index (χ3v) is 8.22. The Morgan fingerprint density at radius 3 is 2.52 bits per heavy atom. The maximum atomic E-state index is 13.8. The molecule has 0 N–H and O–H groups in total. The second-order valence-corrected chi connectivity index (χ2v) is 9.88. The van der Waals surface area contributed by atoms with Crippen molar-refractivity contribution in [2.75, 3.05) is 13.1 Å². The van der Waals surface area contributed by atoms with Crippen molar-refractivity contribution in [3.05, 3.63) is 42.7 Å². The van der Waals surface area contributed by atoms with Crippen molar-refractivity contribution >= 4 is 15.9 Å². The molecule has 4 rings (SSSR count). The van der Waals surface area contributed by atoms with E-state index in [9.17, 15) is 13.2 Å². The van der Waals surface area contributed by atoms with Gasteiger partial charge >= 0.3 is 0 Å². The third-order valence-electron chi connectivity index (χ3n) is 6.27. The molecule has 1 aromatic heterocycles. The molecule has 3 heterocycles. The van der Waals surface area contributed by atoms with Crippen molar-refractivity contribution < 1.29 is 13.2 Å².